The number of carbonyl (C=O) groups is 1. The van der Waals surface area contributed by atoms with Gasteiger partial charge in [-0.05, 0) is 0 Å². The molecular weight excluding hydrogens is 206 g/mol. The molecule has 2 aromatic rings. The summed E-state index contributed by atoms with van der Waals surface area (Å²) in [7, 11) is 0. The van der Waals surface area contributed by atoms with Gasteiger partial charge in [-0.3, -0.25) is 4.79 Å². The van der Waals surface area contributed by atoms with Crippen LogP contribution in [-0.2, 0) is 16.0 Å². The van der Waals surface area contributed by atoms with Gasteiger partial charge in [-0.15, -0.1) is 0 Å². The maximum Gasteiger partial charge on any atom is 0.293 e. The first-order valence-corrected chi connectivity index (χ1v) is 4.95. The van der Waals surface area contributed by atoms with Crippen molar-refractivity contribution in [3.05, 3.63) is 42.5 Å². The van der Waals surface area contributed by atoms with Crippen LogP contribution in [0.2, 0.25) is 0 Å². The number of hydrogen-bond acceptors (Lipinski definition) is 4. The average molecular weight is 217 g/mol. The molecule has 0 radical (unpaired) electrons. The van der Waals surface area contributed by atoms with E-state index in [1.54, 1.807) is 0 Å². The van der Waals surface area contributed by atoms with Gasteiger partial charge < -0.3 is 9.15 Å². The Morgan fingerprint density at radius 2 is 2.12 bits per heavy atom. The van der Waals surface area contributed by atoms with Gasteiger partial charge in [0.1, 0.15) is 11.5 Å². The highest BCUT2D eigenvalue weighted by molar-refractivity contribution is 5.60. The molecule has 2 rings (SSSR count). The molecule has 0 saturated carbocycles. The van der Waals surface area contributed by atoms with E-state index >= 15 is 0 Å². The molecule has 0 unspecified atom stereocenters. The summed E-state index contributed by atoms with van der Waals surface area (Å²) in [5.74, 6) is 0.730. The van der Waals surface area contributed by atoms with Crippen molar-refractivity contribution >= 4 is 6.47 Å². The molecule has 0 atom stereocenters. The third-order valence-corrected chi connectivity index (χ3v) is 2.20. The van der Waals surface area contributed by atoms with Gasteiger partial charge in [-0.25, -0.2) is 4.98 Å². The number of carbonyl (C=O) groups excluding carboxylic acids is 1. The highest BCUT2D eigenvalue weighted by Gasteiger charge is 2.09. The number of ether oxygens (including phenoxy) is 1. The summed E-state index contributed by atoms with van der Waals surface area (Å²) in [6, 6.07) is 9.74. The third kappa shape index (κ3) is 2.28. The first kappa shape index (κ1) is 10.4. The quantitative estimate of drug-likeness (QED) is 0.568. The van der Waals surface area contributed by atoms with Crippen molar-refractivity contribution in [2.45, 2.75) is 6.42 Å². The number of benzene rings is 1. The fraction of sp³-hybridized carbons (Fsp3) is 0.167. The first-order valence-electron chi connectivity index (χ1n) is 4.95. The molecule has 4 nitrogen and oxygen atoms in total. The van der Waals surface area contributed by atoms with Crippen LogP contribution < -0.4 is 0 Å². The van der Waals surface area contributed by atoms with Crippen molar-refractivity contribution in [1.82, 2.24) is 4.98 Å². The molecule has 1 heterocycles. The second-order valence-corrected chi connectivity index (χ2v) is 3.21. The van der Waals surface area contributed by atoms with Crippen LogP contribution in [0.3, 0.4) is 0 Å². The van der Waals surface area contributed by atoms with Crippen molar-refractivity contribution in [2.24, 2.45) is 0 Å². The summed E-state index contributed by atoms with van der Waals surface area (Å²) in [5.41, 5.74) is 1.80. The molecule has 0 aliphatic heterocycles. The Morgan fingerprint density at radius 1 is 1.31 bits per heavy atom. The summed E-state index contributed by atoms with van der Waals surface area (Å²) in [5, 5.41) is 0. The third-order valence-electron chi connectivity index (χ3n) is 2.20. The molecule has 16 heavy (non-hydrogen) atoms. The summed E-state index contributed by atoms with van der Waals surface area (Å²) in [4.78, 5) is 14.2. The molecule has 0 bridgehead atoms. The van der Waals surface area contributed by atoms with Gasteiger partial charge in [0.15, 0.2) is 6.39 Å². The first-order chi connectivity index (χ1) is 7.92. The second kappa shape index (κ2) is 5.11. The maximum absolute atomic E-state index is 10.0. The minimum Gasteiger partial charge on any atom is -0.467 e. The predicted molar refractivity (Wildman–Crippen MR) is 57.7 cm³/mol. The Morgan fingerprint density at radius 3 is 2.88 bits per heavy atom. The van der Waals surface area contributed by atoms with E-state index in [0.29, 0.717) is 19.5 Å². The minimum atomic E-state index is 0.304. The molecule has 82 valence electrons. The lowest BCUT2D eigenvalue weighted by Crippen LogP contribution is -1.97. The highest BCUT2D eigenvalue weighted by atomic mass is 16.5. The summed E-state index contributed by atoms with van der Waals surface area (Å²) < 4.78 is 9.89. The van der Waals surface area contributed by atoms with Crippen molar-refractivity contribution in [1.29, 1.82) is 0 Å². The Hall–Kier alpha value is -2.10. The molecule has 0 amide bonds. The molecular formula is C12H11NO3. The van der Waals surface area contributed by atoms with Crippen LogP contribution in [0.25, 0.3) is 11.3 Å². The highest BCUT2D eigenvalue weighted by Crippen LogP contribution is 2.21. The van der Waals surface area contributed by atoms with Gasteiger partial charge in [0.2, 0.25) is 0 Å². The summed E-state index contributed by atoms with van der Waals surface area (Å²) >= 11 is 0. The Bertz CT molecular complexity index is 450. The maximum atomic E-state index is 10.0. The Balaban J connectivity index is 2.16. The van der Waals surface area contributed by atoms with Crippen molar-refractivity contribution in [3.8, 4) is 11.3 Å². The van der Waals surface area contributed by atoms with Crippen LogP contribution in [-0.4, -0.2) is 18.1 Å². The van der Waals surface area contributed by atoms with E-state index in [2.05, 4.69) is 9.72 Å². The fourth-order valence-electron chi connectivity index (χ4n) is 1.48. The number of oxazole rings is 1. The van der Waals surface area contributed by atoms with E-state index in [1.165, 1.54) is 6.39 Å². The fourth-order valence-corrected chi connectivity index (χ4v) is 1.48. The minimum absolute atomic E-state index is 0.304. The molecule has 0 spiro atoms. The van der Waals surface area contributed by atoms with E-state index in [9.17, 15) is 4.79 Å². The smallest absolute Gasteiger partial charge is 0.293 e. The lowest BCUT2D eigenvalue weighted by molar-refractivity contribution is -0.128. The molecule has 1 aromatic heterocycles. The van der Waals surface area contributed by atoms with Crippen LogP contribution >= 0.6 is 0 Å². The van der Waals surface area contributed by atoms with Crippen molar-refractivity contribution in [3.63, 3.8) is 0 Å². The van der Waals surface area contributed by atoms with Gasteiger partial charge in [-0.2, -0.15) is 0 Å². The standard InChI is InChI=1S/C12H11NO3/c14-9-15-7-6-11-12(13-8-16-11)10-4-2-1-3-5-10/h1-5,8-9H,6-7H2. The lowest BCUT2D eigenvalue weighted by Gasteiger charge is -2.00. The van der Waals surface area contributed by atoms with Crippen molar-refractivity contribution in [2.75, 3.05) is 6.61 Å². The van der Waals surface area contributed by atoms with E-state index in [0.717, 1.165) is 17.0 Å². The van der Waals surface area contributed by atoms with Gasteiger partial charge in [-0.1, -0.05) is 30.3 Å². The molecule has 0 aliphatic carbocycles. The lowest BCUT2D eigenvalue weighted by atomic mass is 10.1. The monoisotopic (exact) mass is 217 g/mol. The number of rotatable bonds is 5. The van der Waals surface area contributed by atoms with E-state index in [-0.39, 0.29) is 0 Å². The Kier molecular flexibility index (Phi) is 3.33. The SMILES string of the molecule is O=COCCc1ocnc1-c1ccccc1. The zero-order valence-electron chi connectivity index (χ0n) is 8.63. The van der Waals surface area contributed by atoms with E-state index in [4.69, 9.17) is 4.42 Å². The van der Waals surface area contributed by atoms with Crippen molar-refractivity contribution < 1.29 is 13.9 Å². The van der Waals surface area contributed by atoms with Crippen LogP contribution in [0.5, 0.6) is 0 Å². The normalized spacial score (nSPS) is 10.0. The van der Waals surface area contributed by atoms with Gasteiger partial charge in [0.25, 0.3) is 6.47 Å². The van der Waals surface area contributed by atoms with Crippen LogP contribution in [0.1, 0.15) is 5.76 Å². The van der Waals surface area contributed by atoms with Gasteiger partial charge >= 0.3 is 0 Å². The second-order valence-electron chi connectivity index (χ2n) is 3.21. The number of aromatic nitrogens is 1. The van der Waals surface area contributed by atoms with Gasteiger partial charge in [0.05, 0.1) is 6.61 Å². The topological polar surface area (TPSA) is 52.3 Å². The van der Waals surface area contributed by atoms with Crippen LogP contribution in [0.15, 0.2) is 41.1 Å². The average Bonchev–Trinajstić information content (AvgIpc) is 2.79. The largest absolute Gasteiger partial charge is 0.467 e. The zero-order valence-corrected chi connectivity index (χ0v) is 8.63. The van der Waals surface area contributed by atoms with Crippen LogP contribution in [0.4, 0.5) is 0 Å². The van der Waals surface area contributed by atoms with Gasteiger partial charge in [0, 0.05) is 12.0 Å². The van der Waals surface area contributed by atoms with E-state index < -0.39 is 0 Å². The molecule has 0 N–H and O–H groups in total. The number of hydrogen-bond donors (Lipinski definition) is 0. The predicted octanol–water partition coefficient (Wildman–Crippen LogP) is 2.06. The Labute approximate surface area is 92.9 Å². The molecule has 0 fully saturated rings. The molecule has 4 heteroatoms. The molecule has 0 saturated heterocycles. The molecule has 1 aromatic carbocycles. The summed E-state index contributed by atoms with van der Waals surface area (Å²) in [6.07, 6.45) is 1.93. The zero-order chi connectivity index (χ0) is 11.2. The number of nitrogens with zero attached hydrogens (tertiary/aromatic N) is 1. The van der Waals surface area contributed by atoms with Crippen LogP contribution in [0, 0.1) is 0 Å². The summed E-state index contributed by atoms with van der Waals surface area (Å²) in [6.45, 7) is 0.733. The molecule has 0 aliphatic rings. The van der Waals surface area contributed by atoms with E-state index in [1.807, 2.05) is 30.3 Å².